The summed E-state index contributed by atoms with van der Waals surface area (Å²) in [5.74, 6) is 0.560. The summed E-state index contributed by atoms with van der Waals surface area (Å²) in [5, 5.41) is 1.05. The van der Waals surface area contributed by atoms with E-state index in [0.29, 0.717) is 17.3 Å². The number of aromatic nitrogens is 1. The number of aryl methyl sites for hydroxylation is 1. The molecular formula is C11H16N2OS2. The average Bonchev–Trinajstić information content (AvgIpc) is 2.60. The van der Waals surface area contributed by atoms with Crippen molar-refractivity contribution in [3.05, 3.63) is 15.6 Å². The van der Waals surface area contributed by atoms with Crippen LogP contribution in [0.2, 0.25) is 0 Å². The number of nitrogens with zero attached hydrogens (tertiary/aromatic N) is 1. The minimum Gasteiger partial charge on any atom is -0.393 e. The number of thiazole rings is 1. The molecule has 1 saturated heterocycles. The van der Waals surface area contributed by atoms with E-state index in [0.717, 1.165) is 31.1 Å². The van der Waals surface area contributed by atoms with Gasteiger partial charge in [-0.25, -0.2) is 4.98 Å². The molecule has 1 aromatic heterocycles. The quantitative estimate of drug-likeness (QED) is 0.842. The molecule has 0 amide bonds. The first kappa shape index (κ1) is 12.0. The lowest BCUT2D eigenvalue weighted by molar-refractivity contribution is 0.0845. The number of hydrogen-bond acceptors (Lipinski definition) is 4. The van der Waals surface area contributed by atoms with Gasteiger partial charge in [-0.3, -0.25) is 0 Å². The van der Waals surface area contributed by atoms with Crippen LogP contribution in [0, 0.1) is 6.92 Å². The van der Waals surface area contributed by atoms with E-state index in [1.807, 2.05) is 0 Å². The molecule has 0 radical (unpaired) electrons. The van der Waals surface area contributed by atoms with Crippen molar-refractivity contribution in [1.29, 1.82) is 0 Å². The van der Waals surface area contributed by atoms with Crippen molar-refractivity contribution >= 4 is 28.5 Å². The lowest BCUT2D eigenvalue weighted by Crippen LogP contribution is -2.15. The number of thiocarbonyl (C=S) groups is 1. The molecule has 1 aliphatic rings. The van der Waals surface area contributed by atoms with Crippen LogP contribution in [0.5, 0.6) is 0 Å². The molecule has 16 heavy (non-hydrogen) atoms. The predicted molar refractivity (Wildman–Crippen MR) is 70.1 cm³/mol. The van der Waals surface area contributed by atoms with Crippen LogP contribution in [0.25, 0.3) is 0 Å². The second-order valence-electron chi connectivity index (χ2n) is 4.08. The minimum absolute atomic E-state index is 0.521. The highest BCUT2D eigenvalue weighted by Crippen LogP contribution is 2.31. The summed E-state index contributed by atoms with van der Waals surface area (Å²) in [7, 11) is 0. The van der Waals surface area contributed by atoms with Crippen LogP contribution in [0.4, 0.5) is 0 Å². The summed E-state index contributed by atoms with van der Waals surface area (Å²) in [6.45, 7) is 3.84. The molecule has 0 aliphatic carbocycles. The predicted octanol–water partition coefficient (Wildman–Crippen LogP) is 2.17. The molecule has 1 fully saturated rings. The van der Waals surface area contributed by atoms with Crippen LogP contribution < -0.4 is 5.73 Å². The Bertz CT molecular complexity index is 383. The molecule has 0 unspecified atom stereocenters. The summed E-state index contributed by atoms with van der Waals surface area (Å²) < 4.78 is 5.37. The first-order valence-electron chi connectivity index (χ1n) is 5.49. The Labute approximate surface area is 105 Å². The molecule has 5 heteroatoms. The van der Waals surface area contributed by atoms with Gasteiger partial charge < -0.3 is 10.5 Å². The summed E-state index contributed by atoms with van der Waals surface area (Å²) in [6.07, 6.45) is 2.79. The molecule has 0 bridgehead atoms. The van der Waals surface area contributed by atoms with E-state index in [2.05, 4.69) is 11.9 Å². The third-order valence-corrected chi connectivity index (χ3v) is 3.94. The maximum Gasteiger partial charge on any atom is 0.0998 e. The number of hydrogen-bond donors (Lipinski definition) is 1. The fourth-order valence-electron chi connectivity index (χ4n) is 2.04. The minimum atomic E-state index is 0.521. The number of ether oxygens (including phenoxy) is 1. The molecule has 0 atom stereocenters. The Morgan fingerprint density at radius 2 is 2.25 bits per heavy atom. The molecule has 0 spiro atoms. The smallest absolute Gasteiger partial charge is 0.0998 e. The zero-order valence-electron chi connectivity index (χ0n) is 9.36. The first-order valence-corrected chi connectivity index (χ1v) is 6.71. The zero-order chi connectivity index (χ0) is 11.5. The molecule has 1 aliphatic heterocycles. The average molecular weight is 256 g/mol. The van der Waals surface area contributed by atoms with E-state index in [1.54, 1.807) is 11.3 Å². The van der Waals surface area contributed by atoms with Crippen molar-refractivity contribution in [3.63, 3.8) is 0 Å². The maximum atomic E-state index is 5.54. The molecule has 0 saturated carbocycles. The van der Waals surface area contributed by atoms with Gasteiger partial charge in [-0.2, -0.15) is 0 Å². The van der Waals surface area contributed by atoms with Gasteiger partial charge >= 0.3 is 0 Å². The van der Waals surface area contributed by atoms with Crippen molar-refractivity contribution in [1.82, 2.24) is 4.98 Å². The molecule has 0 aromatic carbocycles. The Morgan fingerprint density at radius 3 is 2.88 bits per heavy atom. The summed E-state index contributed by atoms with van der Waals surface area (Å²) >= 11 is 6.63. The standard InChI is InChI=1S/C11H16N2OS2/c1-7-11(8-2-4-14-5-3-8)13-10(16-7)6-9(12)15/h8H,2-6H2,1H3,(H2,12,15). The molecule has 88 valence electrons. The SMILES string of the molecule is Cc1sc(CC(N)=S)nc1C1CCOCC1. The lowest BCUT2D eigenvalue weighted by atomic mass is 9.96. The van der Waals surface area contributed by atoms with Gasteiger partial charge in [-0.05, 0) is 19.8 Å². The summed E-state index contributed by atoms with van der Waals surface area (Å²) in [4.78, 5) is 6.49. The molecule has 2 N–H and O–H groups in total. The van der Waals surface area contributed by atoms with Gasteiger partial charge in [0.1, 0.15) is 0 Å². The van der Waals surface area contributed by atoms with Crippen LogP contribution >= 0.6 is 23.6 Å². The first-order chi connectivity index (χ1) is 7.66. The summed E-state index contributed by atoms with van der Waals surface area (Å²) in [6, 6.07) is 0. The molecular weight excluding hydrogens is 240 g/mol. The Balaban J connectivity index is 2.13. The zero-order valence-corrected chi connectivity index (χ0v) is 11.0. The highest BCUT2D eigenvalue weighted by atomic mass is 32.1. The van der Waals surface area contributed by atoms with Crippen molar-refractivity contribution < 1.29 is 4.74 Å². The fourth-order valence-corrected chi connectivity index (χ4v) is 3.31. The van der Waals surface area contributed by atoms with Crippen LogP contribution in [-0.4, -0.2) is 23.2 Å². The van der Waals surface area contributed by atoms with E-state index in [-0.39, 0.29) is 0 Å². The topological polar surface area (TPSA) is 48.1 Å². The Morgan fingerprint density at radius 1 is 1.56 bits per heavy atom. The van der Waals surface area contributed by atoms with Crippen molar-refractivity contribution in [2.24, 2.45) is 5.73 Å². The van der Waals surface area contributed by atoms with E-state index in [4.69, 9.17) is 22.7 Å². The molecule has 2 heterocycles. The van der Waals surface area contributed by atoms with E-state index in [1.165, 1.54) is 10.6 Å². The van der Waals surface area contributed by atoms with Crippen LogP contribution in [0.3, 0.4) is 0 Å². The molecule has 1 aromatic rings. The number of nitrogens with two attached hydrogens (primary N) is 1. The van der Waals surface area contributed by atoms with E-state index >= 15 is 0 Å². The molecule has 2 rings (SSSR count). The maximum absolute atomic E-state index is 5.54. The van der Waals surface area contributed by atoms with Gasteiger partial charge in [0.15, 0.2) is 0 Å². The monoisotopic (exact) mass is 256 g/mol. The van der Waals surface area contributed by atoms with Gasteiger partial charge in [0, 0.05) is 30.4 Å². The second kappa shape index (κ2) is 5.21. The van der Waals surface area contributed by atoms with Crippen molar-refractivity contribution in [2.45, 2.75) is 32.1 Å². The highest BCUT2D eigenvalue weighted by Gasteiger charge is 2.21. The second-order valence-corrected chi connectivity index (χ2v) is 5.89. The fraction of sp³-hybridized carbons (Fsp3) is 0.636. The van der Waals surface area contributed by atoms with Gasteiger partial charge in [0.25, 0.3) is 0 Å². The van der Waals surface area contributed by atoms with Crippen molar-refractivity contribution in [2.75, 3.05) is 13.2 Å². The van der Waals surface area contributed by atoms with Crippen LogP contribution in [0.15, 0.2) is 0 Å². The third-order valence-electron chi connectivity index (χ3n) is 2.81. The highest BCUT2D eigenvalue weighted by molar-refractivity contribution is 7.80. The lowest BCUT2D eigenvalue weighted by Gasteiger charge is -2.20. The Hall–Kier alpha value is -0.520. The number of rotatable bonds is 3. The Kier molecular flexibility index (Phi) is 3.89. The molecule has 3 nitrogen and oxygen atoms in total. The van der Waals surface area contributed by atoms with Gasteiger partial charge in [-0.1, -0.05) is 12.2 Å². The van der Waals surface area contributed by atoms with Gasteiger partial charge in [0.05, 0.1) is 15.7 Å². The van der Waals surface area contributed by atoms with E-state index < -0.39 is 0 Å². The van der Waals surface area contributed by atoms with Gasteiger partial charge in [0.2, 0.25) is 0 Å². The van der Waals surface area contributed by atoms with Crippen molar-refractivity contribution in [3.8, 4) is 0 Å². The van der Waals surface area contributed by atoms with Crippen LogP contribution in [0.1, 0.15) is 34.3 Å². The van der Waals surface area contributed by atoms with E-state index in [9.17, 15) is 0 Å². The largest absolute Gasteiger partial charge is 0.393 e. The third kappa shape index (κ3) is 2.78. The summed E-state index contributed by atoms with van der Waals surface area (Å²) in [5.41, 5.74) is 6.78. The van der Waals surface area contributed by atoms with Gasteiger partial charge in [-0.15, -0.1) is 11.3 Å². The normalized spacial score (nSPS) is 17.6. The van der Waals surface area contributed by atoms with Crippen LogP contribution in [-0.2, 0) is 11.2 Å².